The molecule has 2 aliphatic rings. The van der Waals surface area contributed by atoms with E-state index < -0.39 is 6.09 Å². The van der Waals surface area contributed by atoms with Crippen LogP contribution in [0, 0.1) is 11.8 Å². The lowest BCUT2D eigenvalue weighted by Gasteiger charge is -2.38. The summed E-state index contributed by atoms with van der Waals surface area (Å²) in [5.74, 6) is 1.59. The Hall–Kier alpha value is -0.730. The van der Waals surface area contributed by atoms with E-state index in [-0.39, 0.29) is 6.04 Å². The molecule has 2 saturated carbocycles. The average Bonchev–Trinajstić information content (AvgIpc) is 2.01. The van der Waals surface area contributed by atoms with Crippen LogP contribution >= 0.6 is 0 Å². The SMILES string of the molecule is O=C(O)NC1CC2CCCC(C2)C1. The van der Waals surface area contributed by atoms with Crippen molar-refractivity contribution in [1.29, 1.82) is 0 Å². The van der Waals surface area contributed by atoms with Crippen LogP contribution in [0.4, 0.5) is 4.79 Å². The summed E-state index contributed by atoms with van der Waals surface area (Å²) in [6, 6.07) is 0.238. The number of rotatable bonds is 1. The molecule has 0 aliphatic heterocycles. The first-order chi connectivity index (χ1) is 6.24. The molecule has 2 atom stereocenters. The predicted octanol–water partition coefficient (Wildman–Crippen LogP) is 2.22. The van der Waals surface area contributed by atoms with Gasteiger partial charge in [-0.15, -0.1) is 0 Å². The Balaban J connectivity index is 1.90. The van der Waals surface area contributed by atoms with E-state index in [1.807, 2.05) is 0 Å². The molecule has 13 heavy (non-hydrogen) atoms. The van der Waals surface area contributed by atoms with Crippen molar-refractivity contribution in [3.63, 3.8) is 0 Å². The maximum Gasteiger partial charge on any atom is 0.404 e. The Morgan fingerprint density at radius 3 is 2.31 bits per heavy atom. The van der Waals surface area contributed by atoms with Crippen molar-refractivity contribution in [2.24, 2.45) is 11.8 Å². The quantitative estimate of drug-likeness (QED) is 0.655. The summed E-state index contributed by atoms with van der Waals surface area (Å²) < 4.78 is 0. The molecule has 0 aromatic heterocycles. The molecule has 3 heteroatoms. The van der Waals surface area contributed by atoms with Crippen LogP contribution < -0.4 is 5.32 Å². The molecular formula is C10H17NO2. The van der Waals surface area contributed by atoms with E-state index in [1.54, 1.807) is 0 Å². The Kier molecular flexibility index (Phi) is 2.42. The van der Waals surface area contributed by atoms with Crippen molar-refractivity contribution in [2.45, 2.75) is 44.6 Å². The summed E-state index contributed by atoms with van der Waals surface area (Å²) in [6.07, 6.45) is 6.62. The molecule has 74 valence electrons. The molecular weight excluding hydrogens is 166 g/mol. The van der Waals surface area contributed by atoms with Gasteiger partial charge in [0.15, 0.2) is 0 Å². The van der Waals surface area contributed by atoms with Gasteiger partial charge in [0.05, 0.1) is 0 Å². The van der Waals surface area contributed by atoms with E-state index in [2.05, 4.69) is 5.32 Å². The largest absolute Gasteiger partial charge is 0.465 e. The first-order valence-electron chi connectivity index (χ1n) is 5.23. The molecule has 1 amide bonds. The number of carbonyl (C=O) groups is 1. The van der Waals surface area contributed by atoms with Crippen molar-refractivity contribution in [3.05, 3.63) is 0 Å². The minimum absolute atomic E-state index is 0.238. The third kappa shape index (κ3) is 2.14. The van der Waals surface area contributed by atoms with Crippen molar-refractivity contribution >= 4 is 6.09 Å². The fourth-order valence-corrected chi connectivity index (χ4v) is 3.02. The Bertz CT molecular complexity index is 193. The number of hydrogen-bond acceptors (Lipinski definition) is 1. The van der Waals surface area contributed by atoms with Gasteiger partial charge in [-0.1, -0.05) is 19.3 Å². The normalized spacial score (nSPS) is 38.3. The highest BCUT2D eigenvalue weighted by Crippen LogP contribution is 2.39. The highest BCUT2D eigenvalue weighted by Gasteiger charge is 2.32. The molecule has 2 aliphatic carbocycles. The number of carboxylic acid groups (broad SMARTS) is 1. The zero-order valence-electron chi connectivity index (χ0n) is 7.83. The molecule has 2 fully saturated rings. The minimum atomic E-state index is -0.857. The monoisotopic (exact) mass is 183 g/mol. The second-order valence-electron chi connectivity index (χ2n) is 4.52. The van der Waals surface area contributed by atoms with E-state index in [0.29, 0.717) is 0 Å². The maximum absolute atomic E-state index is 10.5. The van der Waals surface area contributed by atoms with Gasteiger partial charge in [0, 0.05) is 6.04 Å². The summed E-state index contributed by atoms with van der Waals surface area (Å²) in [7, 11) is 0. The number of amides is 1. The van der Waals surface area contributed by atoms with Crippen LogP contribution in [0.2, 0.25) is 0 Å². The summed E-state index contributed by atoms with van der Waals surface area (Å²) in [6.45, 7) is 0. The zero-order valence-corrected chi connectivity index (χ0v) is 7.83. The molecule has 2 N–H and O–H groups in total. The van der Waals surface area contributed by atoms with Crippen molar-refractivity contribution in [2.75, 3.05) is 0 Å². The van der Waals surface area contributed by atoms with Crippen LogP contribution in [-0.2, 0) is 0 Å². The van der Waals surface area contributed by atoms with Gasteiger partial charge in [0.2, 0.25) is 0 Å². The average molecular weight is 183 g/mol. The maximum atomic E-state index is 10.5. The zero-order chi connectivity index (χ0) is 9.26. The Morgan fingerprint density at radius 2 is 1.77 bits per heavy atom. The highest BCUT2D eigenvalue weighted by molar-refractivity contribution is 5.64. The third-order valence-corrected chi connectivity index (χ3v) is 3.45. The van der Waals surface area contributed by atoms with Crippen LogP contribution in [0.25, 0.3) is 0 Å². The molecule has 2 bridgehead atoms. The molecule has 2 unspecified atom stereocenters. The Morgan fingerprint density at radius 1 is 1.15 bits per heavy atom. The molecule has 3 nitrogen and oxygen atoms in total. The van der Waals surface area contributed by atoms with Crippen LogP contribution in [-0.4, -0.2) is 17.2 Å². The van der Waals surface area contributed by atoms with E-state index in [0.717, 1.165) is 24.7 Å². The molecule has 0 radical (unpaired) electrons. The lowest BCUT2D eigenvalue weighted by molar-refractivity contribution is 0.142. The summed E-state index contributed by atoms with van der Waals surface area (Å²) >= 11 is 0. The van der Waals surface area contributed by atoms with E-state index >= 15 is 0 Å². The molecule has 0 aromatic carbocycles. The standard InChI is InChI=1S/C10H17NO2/c12-10(13)11-9-5-7-2-1-3-8(4-7)6-9/h7-9,11H,1-6H2,(H,12,13). The fourth-order valence-electron chi connectivity index (χ4n) is 3.02. The van der Waals surface area contributed by atoms with Crippen LogP contribution in [0.5, 0.6) is 0 Å². The second kappa shape index (κ2) is 3.56. The van der Waals surface area contributed by atoms with Crippen LogP contribution in [0.15, 0.2) is 0 Å². The smallest absolute Gasteiger partial charge is 0.404 e. The minimum Gasteiger partial charge on any atom is -0.465 e. The lowest BCUT2D eigenvalue weighted by atomic mass is 9.70. The topological polar surface area (TPSA) is 49.3 Å². The fraction of sp³-hybridized carbons (Fsp3) is 0.900. The summed E-state index contributed by atoms with van der Waals surface area (Å²) in [5.41, 5.74) is 0. The van der Waals surface area contributed by atoms with Gasteiger partial charge in [-0.3, -0.25) is 0 Å². The Labute approximate surface area is 78.5 Å². The van der Waals surface area contributed by atoms with Crippen molar-refractivity contribution < 1.29 is 9.90 Å². The van der Waals surface area contributed by atoms with Crippen LogP contribution in [0.3, 0.4) is 0 Å². The third-order valence-electron chi connectivity index (χ3n) is 3.45. The lowest BCUT2D eigenvalue weighted by Crippen LogP contribution is -2.41. The first kappa shape index (κ1) is 8.85. The van der Waals surface area contributed by atoms with Gasteiger partial charge >= 0.3 is 6.09 Å². The molecule has 2 rings (SSSR count). The van der Waals surface area contributed by atoms with Crippen molar-refractivity contribution in [1.82, 2.24) is 5.32 Å². The number of hydrogen-bond donors (Lipinski definition) is 2. The van der Waals surface area contributed by atoms with Gasteiger partial charge < -0.3 is 10.4 Å². The molecule has 0 heterocycles. The van der Waals surface area contributed by atoms with Gasteiger partial charge in [0.1, 0.15) is 0 Å². The van der Waals surface area contributed by atoms with Gasteiger partial charge in [-0.25, -0.2) is 4.79 Å². The first-order valence-corrected chi connectivity index (χ1v) is 5.23. The van der Waals surface area contributed by atoms with E-state index in [9.17, 15) is 4.79 Å². The number of fused-ring (bicyclic) bond motifs is 2. The van der Waals surface area contributed by atoms with Gasteiger partial charge in [-0.05, 0) is 31.1 Å². The summed E-state index contributed by atoms with van der Waals surface area (Å²) in [4.78, 5) is 10.5. The van der Waals surface area contributed by atoms with E-state index in [1.165, 1.54) is 25.7 Å². The molecule has 0 saturated heterocycles. The molecule has 0 aromatic rings. The highest BCUT2D eigenvalue weighted by atomic mass is 16.4. The van der Waals surface area contributed by atoms with Gasteiger partial charge in [-0.2, -0.15) is 0 Å². The van der Waals surface area contributed by atoms with Gasteiger partial charge in [0.25, 0.3) is 0 Å². The summed E-state index contributed by atoms with van der Waals surface area (Å²) in [5, 5.41) is 11.2. The predicted molar refractivity (Wildman–Crippen MR) is 49.6 cm³/mol. The molecule has 0 spiro atoms. The van der Waals surface area contributed by atoms with Crippen molar-refractivity contribution in [3.8, 4) is 0 Å². The van der Waals surface area contributed by atoms with Crippen LogP contribution in [0.1, 0.15) is 38.5 Å². The van der Waals surface area contributed by atoms with E-state index in [4.69, 9.17) is 5.11 Å². The second-order valence-corrected chi connectivity index (χ2v) is 4.52. The number of nitrogens with one attached hydrogen (secondary N) is 1.